The van der Waals surface area contributed by atoms with E-state index in [9.17, 15) is 53.1 Å². The van der Waals surface area contributed by atoms with E-state index in [0.29, 0.717) is 12.1 Å². The molecule has 0 saturated carbocycles. The van der Waals surface area contributed by atoms with Crippen molar-refractivity contribution < 1.29 is 57.5 Å². The lowest BCUT2D eigenvalue weighted by molar-refractivity contribution is -0.348. The van der Waals surface area contributed by atoms with Crippen molar-refractivity contribution in [2.75, 3.05) is 18.1 Å². The number of halogens is 9. The van der Waals surface area contributed by atoms with Gasteiger partial charge in [0.05, 0.1) is 32.5 Å². The largest absolute Gasteiger partial charge is 0.435 e. The lowest BCUT2D eigenvalue weighted by atomic mass is 9.76. The van der Waals surface area contributed by atoms with Crippen LogP contribution in [0.2, 0.25) is 10.0 Å². The average Bonchev–Trinajstić information content (AvgIpc) is 3.35. The molecule has 2 unspecified atom stereocenters. The fraction of sp³-hybridized carbons (Fsp3) is 0.519. The van der Waals surface area contributed by atoms with Crippen LogP contribution in [-0.4, -0.2) is 74.8 Å². The first-order valence-electron chi connectivity index (χ1n) is 13.4. The minimum absolute atomic E-state index is 0.0189. The Morgan fingerprint density at radius 2 is 1.51 bits per heavy atom. The maximum Gasteiger partial charge on any atom is 0.435 e. The third-order valence-corrected chi connectivity index (χ3v) is 14.0. The zero-order chi connectivity index (χ0) is 33.6. The highest BCUT2D eigenvalue weighted by Gasteiger charge is 2.74. The van der Waals surface area contributed by atoms with Gasteiger partial charge in [-0.15, -0.1) is 0 Å². The Hall–Kier alpha value is -2.14. The summed E-state index contributed by atoms with van der Waals surface area (Å²) in [7, 11) is -8.24. The van der Waals surface area contributed by atoms with E-state index in [1.54, 1.807) is 0 Å². The molecule has 5 rings (SSSR count). The maximum atomic E-state index is 15.0. The normalized spacial score (nSPS) is 25.0. The van der Waals surface area contributed by atoms with E-state index >= 15 is 4.39 Å². The van der Waals surface area contributed by atoms with E-state index < -0.39 is 101 Å². The number of carbonyl (C=O) groups excluding carboxylic acids is 1. The van der Waals surface area contributed by atoms with Crippen LogP contribution in [0.3, 0.4) is 0 Å². The molecule has 1 N–H and O–H groups in total. The number of hydrogen-bond acceptors (Lipinski definition) is 6. The van der Waals surface area contributed by atoms with Crippen molar-refractivity contribution in [3.05, 3.63) is 63.1 Å². The van der Waals surface area contributed by atoms with E-state index in [4.69, 9.17) is 23.2 Å². The second-order valence-electron chi connectivity index (χ2n) is 11.5. The highest BCUT2D eigenvalue weighted by molar-refractivity contribution is 7.92. The fourth-order valence-electron chi connectivity index (χ4n) is 6.68. The van der Waals surface area contributed by atoms with E-state index in [1.165, 1.54) is 6.07 Å². The number of rotatable bonds is 4. The molecule has 0 bridgehead atoms. The van der Waals surface area contributed by atoms with E-state index in [0.717, 1.165) is 17.0 Å². The number of carbonyl (C=O) groups is 1. The van der Waals surface area contributed by atoms with Crippen LogP contribution in [0.1, 0.15) is 42.4 Å². The molecule has 2 aromatic carbocycles. The van der Waals surface area contributed by atoms with Gasteiger partial charge in [0.1, 0.15) is 10.3 Å². The van der Waals surface area contributed by atoms with Crippen LogP contribution in [0.25, 0.3) is 0 Å². The molecule has 45 heavy (non-hydrogen) atoms. The average molecular weight is 727 g/mol. The molecule has 0 radical (unpaired) electrons. The first-order chi connectivity index (χ1) is 20.5. The summed E-state index contributed by atoms with van der Waals surface area (Å²) < 4.78 is 147. The quantitative estimate of drug-likeness (QED) is 0.421. The van der Waals surface area contributed by atoms with Gasteiger partial charge < -0.3 is 10.0 Å². The van der Waals surface area contributed by atoms with Gasteiger partial charge in [0.25, 0.3) is 5.91 Å². The third kappa shape index (κ3) is 5.13. The molecule has 2 aromatic rings. The maximum absolute atomic E-state index is 15.0. The zero-order valence-electron chi connectivity index (χ0n) is 22.9. The van der Waals surface area contributed by atoms with Gasteiger partial charge in [-0.05, 0) is 61.4 Å². The molecule has 0 aromatic heterocycles. The summed E-state index contributed by atoms with van der Waals surface area (Å²) in [5, 5.41) is 11.0. The highest BCUT2D eigenvalue weighted by atomic mass is 35.5. The molecule has 2 atom stereocenters. The second-order valence-corrected chi connectivity index (χ2v) is 16.8. The summed E-state index contributed by atoms with van der Waals surface area (Å²) in [6.07, 6.45) is -14.8. The molecule has 1 aliphatic carbocycles. The van der Waals surface area contributed by atoms with Crippen molar-refractivity contribution in [2.24, 2.45) is 0 Å². The Bertz CT molecular complexity index is 1750. The Kier molecular flexibility index (Phi) is 8.12. The standard InChI is InChI=1S/C27H24Cl2F7NO6S2/c28-19-5-3-17(14-20(19)29)45(42,43)24-7-10-37(22(38)23(39)8-11-44(40,41)12-9-23)21(24)6-1-15-13-16(2-4-18(15)24)25(30,26(31,32)33)27(34,35)36/h2-5,13-14,21,39H,1,6-12H2. The predicted molar refractivity (Wildman–Crippen MR) is 148 cm³/mol. The van der Waals surface area contributed by atoms with Crippen molar-refractivity contribution >= 4 is 48.8 Å². The molecule has 7 nitrogen and oxygen atoms in total. The van der Waals surface area contributed by atoms with E-state index in [1.807, 2.05) is 0 Å². The van der Waals surface area contributed by atoms with Gasteiger partial charge in [-0.3, -0.25) is 4.79 Å². The van der Waals surface area contributed by atoms with Crippen LogP contribution in [0.15, 0.2) is 41.3 Å². The van der Waals surface area contributed by atoms with Gasteiger partial charge in [0, 0.05) is 12.1 Å². The monoisotopic (exact) mass is 725 g/mol. The molecule has 1 amide bonds. The van der Waals surface area contributed by atoms with Crippen molar-refractivity contribution in [1.29, 1.82) is 0 Å². The molecule has 3 aliphatic rings. The van der Waals surface area contributed by atoms with Crippen LogP contribution < -0.4 is 0 Å². The molecule has 2 fully saturated rings. The number of hydrogen-bond donors (Lipinski definition) is 1. The Morgan fingerprint density at radius 3 is 2.07 bits per heavy atom. The SMILES string of the molecule is O=C(N1CCC2(S(=O)(=O)c3ccc(Cl)c(Cl)c3)c3ccc(C(F)(C(F)(F)F)C(F)(F)F)cc3CCC12)C1(O)CCS(=O)(=O)CC1. The lowest BCUT2D eigenvalue weighted by Crippen LogP contribution is -2.58. The van der Waals surface area contributed by atoms with Crippen LogP contribution >= 0.6 is 23.2 Å². The van der Waals surface area contributed by atoms with Gasteiger partial charge in [-0.1, -0.05) is 41.4 Å². The number of benzene rings is 2. The van der Waals surface area contributed by atoms with Crippen LogP contribution in [-0.2, 0) is 41.3 Å². The van der Waals surface area contributed by atoms with Gasteiger partial charge in [-0.25, -0.2) is 21.2 Å². The number of amides is 1. The highest BCUT2D eigenvalue weighted by Crippen LogP contribution is 2.57. The van der Waals surface area contributed by atoms with Gasteiger partial charge in [0.15, 0.2) is 19.7 Å². The molecule has 0 spiro atoms. The van der Waals surface area contributed by atoms with Gasteiger partial charge in [0.2, 0.25) is 0 Å². The second kappa shape index (κ2) is 10.7. The summed E-state index contributed by atoms with van der Waals surface area (Å²) in [6.45, 7) is -0.321. The first-order valence-corrected chi connectivity index (χ1v) is 17.5. The number of aliphatic hydroxyl groups is 1. The summed E-state index contributed by atoms with van der Waals surface area (Å²) >= 11 is 12.0. The summed E-state index contributed by atoms with van der Waals surface area (Å²) in [4.78, 5) is 14.4. The Morgan fingerprint density at radius 1 is 0.911 bits per heavy atom. The number of nitrogens with zero attached hydrogens (tertiary/aromatic N) is 1. The fourth-order valence-corrected chi connectivity index (χ4v) is 10.9. The number of fused-ring (bicyclic) bond motifs is 3. The number of likely N-dealkylation sites (tertiary alicyclic amines) is 1. The van der Waals surface area contributed by atoms with Crippen molar-refractivity contribution in [3.8, 4) is 0 Å². The Balaban J connectivity index is 1.69. The number of aryl methyl sites for hydroxylation is 1. The molecule has 18 heteroatoms. The van der Waals surface area contributed by atoms with E-state index in [2.05, 4.69) is 0 Å². The molecule has 248 valence electrons. The van der Waals surface area contributed by atoms with Crippen molar-refractivity contribution in [1.82, 2.24) is 4.90 Å². The Labute approximate surface area is 263 Å². The molecule has 2 saturated heterocycles. The predicted octanol–water partition coefficient (Wildman–Crippen LogP) is 5.44. The first kappa shape index (κ1) is 34.2. The van der Waals surface area contributed by atoms with Gasteiger partial charge >= 0.3 is 18.0 Å². The van der Waals surface area contributed by atoms with Crippen molar-refractivity contribution in [2.45, 2.75) is 71.4 Å². The minimum atomic E-state index is -6.40. The van der Waals surface area contributed by atoms with Crippen LogP contribution in [0, 0.1) is 0 Å². The summed E-state index contributed by atoms with van der Waals surface area (Å²) in [6, 6.07) is 3.27. The zero-order valence-corrected chi connectivity index (χ0v) is 26.0. The topological polar surface area (TPSA) is 109 Å². The number of alkyl halides is 7. The third-order valence-electron chi connectivity index (χ3n) is 9.06. The molecular weight excluding hydrogens is 702 g/mol. The van der Waals surface area contributed by atoms with Crippen LogP contribution in [0.4, 0.5) is 30.7 Å². The lowest BCUT2D eigenvalue weighted by Gasteiger charge is -2.44. The molecule has 2 heterocycles. The minimum Gasteiger partial charge on any atom is -0.380 e. The summed E-state index contributed by atoms with van der Waals surface area (Å²) in [5.74, 6) is -1.96. The summed E-state index contributed by atoms with van der Waals surface area (Å²) in [5.41, 5.74) is -10.3. The van der Waals surface area contributed by atoms with Gasteiger partial charge in [-0.2, -0.15) is 26.3 Å². The smallest absolute Gasteiger partial charge is 0.380 e. The van der Waals surface area contributed by atoms with Crippen LogP contribution in [0.5, 0.6) is 0 Å². The number of sulfone groups is 2. The van der Waals surface area contributed by atoms with E-state index in [-0.39, 0.29) is 46.6 Å². The molecular formula is C27H24Cl2F7NO6S2. The van der Waals surface area contributed by atoms with Crippen molar-refractivity contribution in [3.63, 3.8) is 0 Å². The molecule has 2 aliphatic heterocycles.